The molecule has 0 heterocycles. The van der Waals surface area contributed by atoms with E-state index in [1.54, 1.807) is 0 Å². The summed E-state index contributed by atoms with van der Waals surface area (Å²) in [6.45, 7) is 0.259. The fraction of sp³-hybridized carbons (Fsp3) is 0.393. The van der Waals surface area contributed by atoms with E-state index in [0.29, 0.717) is 32.1 Å². The van der Waals surface area contributed by atoms with E-state index in [1.807, 2.05) is 36.4 Å². The number of carbonyl (C=O) groups excluding carboxylic acids is 2. The highest BCUT2D eigenvalue weighted by atomic mass is 16.5. The molecule has 2 aromatic rings. The summed E-state index contributed by atoms with van der Waals surface area (Å²) in [6, 6.07) is 16.1. The van der Waals surface area contributed by atoms with Gasteiger partial charge in [0.25, 0.3) is 0 Å². The van der Waals surface area contributed by atoms with Crippen LogP contribution in [0.5, 0.6) is 0 Å². The SMILES string of the molecule is O=C(NC1CCC(C(=O)N[C@@H]2C=CC[C@@H](C(=O)O)C2)C1)OCC1c2ccccc2-c2ccccc21. The number of hydrogen-bond donors (Lipinski definition) is 3. The van der Waals surface area contributed by atoms with Gasteiger partial charge in [-0.3, -0.25) is 9.59 Å². The number of aliphatic carboxylic acids is 1. The van der Waals surface area contributed by atoms with Gasteiger partial charge in [0, 0.05) is 23.9 Å². The van der Waals surface area contributed by atoms with E-state index in [4.69, 9.17) is 4.74 Å². The first-order valence-electron chi connectivity index (χ1n) is 12.3. The van der Waals surface area contributed by atoms with Crippen molar-refractivity contribution >= 4 is 18.0 Å². The highest BCUT2D eigenvalue weighted by molar-refractivity contribution is 5.80. The number of ether oxygens (including phenoxy) is 1. The number of alkyl carbamates (subject to hydrolysis) is 1. The lowest BCUT2D eigenvalue weighted by molar-refractivity contribution is -0.142. The van der Waals surface area contributed by atoms with Crippen molar-refractivity contribution in [2.45, 2.75) is 50.1 Å². The van der Waals surface area contributed by atoms with Gasteiger partial charge < -0.3 is 20.5 Å². The molecular weight excluding hydrogens is 444 g/mol. The van der Waals surface area contributed by atoms with E-state index in [9.17, 15) is 19.5 Å². The number of hydrogen-bond acceptors (Lipinski definition) is 4. The number of carboxylic acids is 1. The van der Waals surface area contributed by atoms with Crippen LogP contribution in [0.2, 0.25) is 0 Å². The maximum atomic E-state index is 12.7. The Bertz CT molecular complexity index is 1110. The van der Waals surface area contributed by atoms with Crippen LogP contribution in [0.3, 0.4) is 0 Å². The topological polar surface area (TPSA) is 105 Å². The second-order valence-electron chi connectivity index (χ2n) is 9.73. The number of nitrogens with one attached hydrogen (secondary N) is 2. The lowest BCUT2D eigenvalue weighted by Gasteiger charge is -2.24. The average Bonchev–Trinajstić information content (AvgIpc) is 3.46. The van der Waals surface area contributed by atoms with Crippen LogP contribution in [0.1, 0.15) is 49.1 Å². The lowest BCUT2D eigenvalue weighted by Crippen LogP contribution is -2.41. The molecule has 7 nitrogen and oxygen atoms in total. The summed E-state index contributed by atoms with van der Waals surface area (Å²) < 4.78 is 5.64. The zero-order valence-corrected chi connectivity index (χ0v) is 19.5. The fourth-order valence-electron chi connectivity index (χ4n) is 5.66. The highest BCUT2D eigenvalue weighted by Crippen LogP contribution is 2.44. The number of rotatable bonds is 6. The van der Waals surface area contributed by atoms with Gasteiger partial charge >= 0.3 is 12.1 Å². The van der Waals surface area contributed by atoms with Crippen molar-refractivity contribution in [2.24, 2.45) is 11.8 Å². The monoisotopic (exact) mass is 474 g/mol. The molecule has 1 fully saturated rings. The number of carboxylic acid groups (broad SMARTS) is 1. The normalized spacial score (nSPS) is 24.9. The van der Waals surface area contributed by atoms with Gasteiger partial charge in [-0.1, -0.05) is 60.7 Å². The Morgan fingerprint density at radius 3 is 2.26 bits per heavy atom. The fourth-order valence-corrected chi connectivity index (χ4v) is 5.66. The molecule has 1 saturated carbocycles. The maximum Gasteiger partial charge on any atom is 0.407 e. The number of amides is 2. The smallest absolute Gasteiger partial charge is 0.407 e. The minimum atomic E-state index is -0.832. The number of allylic oxidation sites excluding steroid dienone is 1. The zero-order valence-electron chi connectivity index (χ0n) is 19.5. The molecule has 0 spiro atoms. The Kier molecular flexibility index (Phi) is 6.57. The predicted molar refractivity (Wildman–Crippen MR) is 131 cm³/mol. The van der Waals surface area contributed by atoms with Gasteiger partial charge in [-0.15, -0.1) is 0 Å². The van der Waals surface area contributed by atoms with Crippen LogP contribution in [0.15, 0.2) is 60.7 Å². The van der Waals surface area contributed by atoms with Crippen LogP contribution < -0.4 is 10.6 Å². The van der Waals surface area contributed by atoms with Crippen LogP contribution in [-0.2, 0) is 14.3 Å². The summed E-state index contributed by atoms with van der Waals surface area (Å²) in [6.07, 6.45) is 6.08. The van der Waals surface area contributed by atoms with Crippen molar-refractivity contribution in [2.75, 3.05) is 6.61 Å². The first-order chi connectivity index (χ1) is 17.0. The van der Waals surface area contributed by atoms with Crippen molar-refractivity contribution in [1.82, 2.24) is 10.6 Å². The summed E-state index contributed by atoms with van der Waals surface area (Å²) in [7, 11) is 0. The van der Waals surface area contributed by atoms with Crippen LogP contribution >= 0.6 is 0 Å². The zero-order chi connectivity index (χ0) is 24.4. The van der Waals surface area contributed by atoms with Crippen molar-refractivity contribution < 1.29 is 24.2 Å². The number of benzene rings is 2. The molecule has 3 aliphatic carbocycles. The molecule has 2 amide bonds. The Morgan fingerprint density at radius 1 is 0.886 bits per heavy atom. The maximum absolute atomic E-state index is 12.7. The molecule has 5 rings (SSSR count). The molecule has 2 unspecified atom stereocenters. The van der Waals surface area contributed by atoms with E-state index in [1.165, 1.54) is 22.3 Å². The minimum absolute atomic E-state index is 0.00781. The van der Waals surface area contributed by atoms with Gasteiger partial charge in [0.15, 0.2) is 0 Å². The molecule has 0 aliphatic heterocycles. The molecule has 0 saturated heterocycles. The highest BCUT2D eigenvalue weighted by Gasteiger charge is 2.34. The van der Waals surface area contributed by atoms with Crippen molar-refractivity contribution in [3.63, 3.8) is 0 Å². The summed E-state index contributed by atoms with van der Waals surface area (Å²) in [4.78, 5) is 36.5. The van der Waals surface area contributed by atoms with Gasteiger partial charge in [-0.05, 0) is 54.4 Å². The number of carbonyl (C=O) groups is 3. The summed E-state index contributed by atoms with van der Waals surface area (Å²) >= 11 is 0. The molecule has 2 aromatic carbocycles. The summed E-state index contributed by atoms with van der Waals surface area (Å²) in [5.41, 5.74) is 4.70. The molecule has 182 valence electrons. The molecule has 35 heavy (non-hydrogen) atoms. The third kappa shape index (κ3) is 4.94. The van der Waals surface area contributed by atoms with Crippen LogP contribution in [0, 0.1) is 11.8 Å². The van der Waals surface area contributed by atoms with Crippen molar-refractivity contribution in [1.29, 1.82) is 0 Å². The van der Waals surface area contributed by atoms with E-state index in [2.05, 4.69) is 34.9 Å². The molecule has 3 aliphatic rings. The second-order valence-corrected chi connectivity index (χ2v) is 9.73. The molecule has 7 heteroatoms. The predicted octanol–water partition coefficient (Wildman–Crippen LogP) is 4.23. The Labute approximate surface area is 204 Å². The van der Waals surface area contributed by atoms with Gasteiger partial charge in [0.1, 0.15) is 6.61 Å². The second kappa shape index (κ2) is 9.94. The van der Waals surface area contributed by atoms with Gasteiger partial charge in [-0.2, -0.15) is 0 Å². The molecular formula is C28H30N2O5. The van der Waals surface area contributed by atoms with Gasteiger partial charge in [0.2, 0.25) is 5.91 Å². The average molecular weight is 475 g/mol. The Morgan fingerprint density at radius 2 is 1.57 bits per heavy atom. The van der Waals surface area contributed by atoms with Crippen molar-refractivity contribution in [3.8, 4) is 11.1 Å². The van der Waals surface area contributed by atoms with Crippen molar-refractivity contribution in [3.05, 3.63) is 71.8 Å². The van der Waals surface area contributed by atoms with E-state index < -0.39 is 18.0 Å². The standard InChI is InChI=1S/C28H30N2O5/c31-26(29-19-7-5-6-18(15-19)27(32)33)17-12-13-20(14-17)30-28(34)35-16-25-23-10-3-1-8-21(23)22-9-2-4-11-24(22)25/h1-5,7-11,17-20,25H,6,12-16H2,(H,29,31)(H,30,34)(H,32,33)/t17?,18-,19-,20?/m1/s1. The summed E-state index contributed by atoms with van der Waals surface area (Å²) in [5.74, 6) is -1.57. The first-order valence-corrected chi connectivity index (χ1v) is 12.3. The molecule has 0 radical (unpaired) electrons. The van der Waals surface area contributed by atoms with Crippen LogP contribution in [0.4, 0.5) is 4.79 Å². The third-order valence-electron chi connectivity index (χ3n) is 7.47. The van der Waals surface area contributed by atoms with Crippen LogP contribution in [0.25, 0.3) is 11.1 Å². The Hall–Kier alpha value is -3.61. The molecule has 0 aromatic heterocycles. The van der Waals surface area contributed by atoms with Gasteiger partial charge in [0.05, 0.1) is 5.92 Å². The third-order valence-corrected chi connectivity index (χ3v) is 7.47. The summed E-state index contributed by atoms with van der Waals surface area (Å²) in [5, 5.41) is 15.1. The molecule has 3 N–H and O–H groups in total. The van der Waals surface area contributed by atoms with Crippen LogP contribution in [-0.4, -0.2) is 41.8 Å². The molecule has 0 bridgehead atoms. The lowest BCUT2D eigenvalue weighted by atomic mass is 9.91. The molecule has 4 atom stereocenters. The Balaban J connectivity index is 1.11. The quantitative estimate of drug-likeness (QED) is 0.544. The minimum Gasteiger partial charge on any atom is -0.481 e. The van der Waals surface area contributed by atoms with E-state index in [-0.39, 0.29) is 36.4 Å². The largest absolute Gasteiger partial charge is 0.481 e. The van der Waals surface area contributed by atoms with Gasteiger partial charge in [-0.25, -0.2) is 4.79 Å². The number of fused-ring (bicyclic) bond motifs is 3. The van der Waals surface area contributed by atoms with E-state index >= 15 is 0 Å². The van der Waals surface area contributed by atoms with E-state index in [0.717, 1.165) is 0 Å². The first kappa shape index (κ1) is 23.1.